The van der Waals surface area contributed by atoms with Crippen LogP contribution >= 0.6 is 27.7 Å². The van der Waals surface area contributed by atoms with Gasteiger partial charge in [-0.25, -0.2) is 0 Å². The van der Waals surface area contributed by atoms with Crippen molar-refractivity contribution < 1.29 is 4.79 Å². The smallest absolute Gasteiger partial charge is 0.228 e. The summed E-state index contributed by atoms with van der Waals surface area (Å²) in [6.07, 6.45) is 2.22. The van der Waals surface area contributed by atoms with Crippen LogP contribution in [0.4, 0.5) is 5.69 Å². The molecule has 0 fully saturated rings. The summed E-state index contributed by atoms with van der Waals surface area (Å²) in [6.45, 7) is 3.72. The van der Waals surface area contributed by atoms with Crippen LogP contribution in [0.3, 0.4) is 0 Å². The standard InChI is InChI=1S/C17H16BrNOS/c1-2-11-21-16-6-4-3-5-15(16)19-17(20)12-13-7-9-14(18)10-8-13/h2-10H,1,11-12H2,(H,19,20). The van der Waals surface area contributed by atoms with E-state index >= 15 is 0 Å². The lowest BCUT2D eigenvalue weighted by molar-refractivity contribution is -0.115. The summed E-state index contributed by atoms with van der Waals surface area (Å²) in [6, 6.07) is 15.6. The van der Waals surface area contributed by atoms with Gasteiger partial charge in [0.2, 0.25) is 5.91 Å². The number of hydrogen-bond donors (Lipinski definition) is 1. The summed E-state index contributed by atoms with van der Waals surface area (Å²) >= 11 is 5.05. The van der Waals surface area contributed by atoms with E-state index in [0.29, 0.717) is 6.42 Å². The highest BCUT2D eigenvalue weighted by molar-refractivity contribution is 9.10. The van der Waals surface area contributed by atoms with Gasteiger partial charge in [-0.15, -0.1) is 18.3 Å². The first-order valence-corrected chi connectivity index (χ1v) is 8.34. The van der Waals surface area contributed by atoms with Gasteiger partial charge >= 0.3 is 0 Å². The highest BCUT2D eigenvalue weighted by Crippen LogP contribution is 2.27. The number of para-hydroxylation sites is 1. The molecule has 0 aliphatic carbocycles. The average molecular weight is 362 g/mol. The first-order valence-electron chi connectivity index (χ1n) is 6.56. The molecule has 2 rings (SSSR count). The van der Waals surface area contributed by atoms with Crippen molar-refractivity contribution in [3.8, 4) is 0 Å². The molecular weight excluding hydrogens is 346 g/mol. The maximum Gasteiger partial charge on any atom is 0.228 e. The minimum Gasteiger partial charge on any atom is -0.325 e. The molecule has 0 radical (unpaired) electrons. The van der Waals surface area contributed by atoms with E-state index in [9.17, 15) is 4.79 Å². The minimum absolute atomic E-state index is 0.0102. The third-order valence-electron chi connectivity index (χ3n) is 2.80. The third kappa shape index (κ3) is 5.06. The van der Waals surface area contributed by atoms with Crippen molar-refractivity contribution in [1.29, 1.82) is 0 Å². The molecule has 0 unspecified atom stereocenters. The largest absolute Gasteiger partial charge is 0.325 e. The van der Waals surface area contributed by atoms with Gasteiger partial charge in [-0.2, -0.15) is 0 Å². The highest BCUT2D eigenvalue weighted by Gasteiger charge is 2.07. The molecule has 0 aliphatic heterocycles. The normalized spacial score (nSPS) is 10.1. The van der Waals surface area contributed by atoms with E-state index < -0.39 is 0 Å². The van der Waals surface area contributed by atoms with E-state index in [1.807, 2.05) is 54.6 Å². The van der Waals surface area contributed by atoms with Gasteiger partial charge < -0.3 is 5.32 Å². The predicted octanol–water partition coefficient (Wildman–Crippen LogP) is 4.91. The first kappa shape index (κ1) is 15.9. The van der Waals surface area contributed by atoms with Crippen LogP contribution in [-0.2, 0) is 11.2 Å². The monoisotopic (exact) mass is 361 g/mol. The molecular formula is C17H16BrNOS. The van der Waals surface area contributed by atoms with Gasteiger partial charge in [-0.3, -0.25) is 4.79 Å². The molecule has 0 saturated heterocycles. The molecule has 4 heteroatoms. The SMILES string of the molecule is C=CCSc1ccccc1NC(=O)Cc1ccc(Br)cc1. The number of hydrogen-bond acceptors (Lipinski definition) is 2. The molecule has 0 aromatic heterocycles. The average Bonchev–Trinajstić information content (AvgIpc) is 2.49. The van der Waals surface area contributed by atoms with Crippen LogP contribution in [0.1, 0.15) is 5.56 Å². The fourth-order valence-electron chi connectivity index (χ4n) is 1.83. The quantitative estimate of drug-likeness (QED) is 0.585. The Balaban J connectivity index is 2.02. The van der Waals surface area contributed by atoms with Gasteiger partial charge in [0.15, 0.2) is 0 Å². The molecule has 0 heterocycles. The van der Waals surface area contributed by atoms with Gasteiger partial charge in [-0.1, -0.05) is 46.3 Å². The summed E-state index contributed by atoms with van der Waals surface area (Å²) in [4.78, 5) is 13.2. The molecule has 0 spiro atoms. The second-order valence-electron chi connectivity index (χ2n) is 4.45. The number of amides is 1. The van der Waals surface area contributed by atoms with Crippen molar-refractivity contribution in [2.24, 2.45) is 0 Å². The molecule has 2 nitrogen and oxygen atoms in total. The van der Waals surface area contributed by atoms with Crippen LogP contribution in [0.5, 0.6) is 0 Å². The molecule has 1 N–H and O–H groups in total. The second kappa shape index (κ2) is 8.05. The molecule has 0 aliphatic rings. The summed E-state index contributed by atoms with van der Waals surface area (Å²) < 4.78 is 1.01. The number of benzene rings is 2. The number of rotatable bonds is 6. The van der Waals surface area contributed by atoms with Gasteiger partial charge in [0, 0.05) is 15.1 Å². The minimum atomic E-state index is -0.0102. The molecule has 21 heavy (non-hydrogen) atoms. The van der Waals surface area contributed by atoms with Crippen LogP contribution in [0.2, 0.25) is 0 Å². The van der Waals surface area contributed by atoms with Gasteiger partial charge in [0.25, 0.3) is 0 Å². The number of thioether (sulfide) groups is 1. The van der Waals surface area contributed by atoms with Gasteiger partial charge in [-0.05, 0) is 29.8 Å². The van der Waals surface area contributed by atoms with Crippen LogP contribution in [0, 0.1) is 0 Å². The number of nitrogens with one attached hydrogen (secondary N) is 1. The third-order valence-corrected chi connectivity index (χ3v) is 4.39. The fourth-order valence-corrected chi connectivity index (χ4v) is 2.84. The Hall–Kier alpha value is -1.52. The second-order valence-corrected chi connectivity index (χ2v) is 6.42. The van der Waals surface area contributed by atoms with E-state index in [1.54, 1.807) is 11.8 Å². The molecule has 1 amide bonds. The highest BCUT2D eigenvalue weighted by atomic mass is 79.9. The van der Waals surface area contributed by atoms with E-state index in [-0.39, 0.29) is 5.91 Å². The zero-order valence-corrected chi connectivity index (χ0v) is 13.9. The summed E-state index contributed by atoms with van der Waals surface area (Å²) in [5.74, 6) is 0.809. The Morgan fingerprint density at radius 3 is 2.62 bits per heavy atom. The van der Waals surface area contributed by atoms with Gasteiger partial charge in [0.05, 0.1) is 12.1 Å². The zero-order valence-electron chi connectivity index (χ0n) is 11.5. The van der Waals surface area contributed by atoms with Crippen molar-refractivity contribution >= 4 is 39.3 Å². The van der Waals surface area contributed by atoms with E-state index in [0.717, 1.165) is 26.4 Å². The summed E-state index contributed by atoms with van der Waals surface area (Å²) in [7, 11) is 0. The Labute approximate surface area is 137 Å². The molecule has 0 saturated carbocycles. The first-order chi connectivity index (χ1) is 10.2. The molecule has 0 bridgehead atoms. The van der Waals surface area contributed by atoms with Crippen molar-refractivity contribution in [3.63, 3.8) is 0 Å². The van der Waals surface area contributed by atoms with Crippen molar-refractivity contribution in [2.75, 3.05) is 11.1 Å². The van der Waals surface area contributed by atoms with Crippen LogP contribution in [0.15, 0.2) is 70.6 Å². The topological polar surface area (TPSA) is 29.1 Å². The lowest BCUT2D eigenvalue weighted by atomic mass is 10.1. The Bertz CT molecular complexity index is 625. The number of carbonyl (C=O) groups excluding carboxylic acids is 1. The van der Waals surface area contributed by atoms with Crippen molar-refractivity contribution in [2.45, 2.75) is 11.3 Å². The lowest BCUT2D eigenvalue weighted by Crippen LogP contribution is -2.14. The van der Waals surface area contributed by atoms with E-state index in [1.165, 1.54) is 0 Å². The number of carbonyl (C=O) groups is 1. The summed E-state index contributed by atoms with van der Waals surface area (Å²) in [5.41, 5.74) is 1.85. The Morgan fingerprint density at radius 1 is 1.19 bits per heavy atom. The molecule has 2 aromatic carbocycles. The molecule has 0 atom stereocenters. The van der Waals surface area contributed by atoms with Crippen molar-refractivity contribution in [3.05, 3.63) is 71.2 Å². The Morgan fingerprint density at radius 2 is 1.90 bits per heavy atom. The van der Waals surface area contributed by atoms with Crippen molar-refractivity contribution in [1.82, 2.24) is 0 Å². The fraction of sp³-hybridized carbons (Fsp3) is 0.118. The predicted molar refractivity (Wildman–Crippen MR) is 93.8 cm³/mol. The maximum atomic E-state index is 12.1. The lowest BCUT2D eigenvalue weighted by Gasteiger charge is -2.10. The van der Waals surface area contributed by atoms with E-state index in [4.69, 9.17) is 0 Å². The molecule has 2 aromatic rings. The zero-order chi connectivity index (χ0) is 15.1. The maximum absolute atomic E-state index is 12.1. The van der Waals surface area contributed by atoms with Crippen LogP contribution in [-0.4, -0.2) is 11.7 Å². The van der Waals surface area contributed by atoms with Crippen LogP contribution < -0.4 is 5.32 Å². The Kier molecular flexibility index (Phi) is 6.08. The number of halogens is 1. The van der Waals surface area contributed by atoms with E-state index in [2.05, 4.69) is 27.8 Å². The van der Waals surface area contributed by atoms with Gasteiger partial charge in [0.1, 0.15) is 0 Å². The van der Waals surface area contributed by atoms with Crippen LogP contribution in [0.25, 0.3) is 0 Å². The number of anilines is 1. The molecule has 108 valence electrons. The summed E-state index contributed by atoms with van der Waals surface area (Å²) in [5, 5.41) is 2.98.